The van der Waals surface area contributed by atoms with Crippen molar-refractivity contribution in [1.29, 1.82) is 0 Å². The first kappa shape index (κ1) is 13.3. The van der Waals surface area contributed by atoms with Gasteiger partial charge >= 0.3 is 5.97 Å². The summed E-state index contributed by atoms with van der Waals surface area (Å²) in [5.41, 5.74) is -0.983. The number of aliphatic carboxylic acids is 1. The van der Waals surface area contributed by atoms with Gasteiger partial charge in [-0.15, -0.1) is 0 Å². The van der Waals surface area contributed by atoms with Crippen molar-refractivity contribution in [3.8, 4) is 0 Å². The number of carboxylic acids is 1. The lowest BCUT2D eigenvalue weighted by Crippen LogP contribution is -2.34. The fourth-order valence-electron chi connectivity index (χ4n) is 0.832. The summed E-state index contributed by atoms with van der Waals surface area (Å²) < 4.78 is 0. The first-order valence-corrected chi connectivity index (χ1v) is 5.78. The van der Waals surface area contributed by atoms with Crippen molar-refractivity contribution < 1.29 is 14.7 Å². The summed E-state index contributed by atoms with van der Waals surface area (Å²) in [4.78, 5) is 22.0. The number of nitrogens with one attached hydrogen (secondary N) is 1. The molecule has 0 saturated heterocycles. The van der Waals surface area contributed by atoms with Crippen molar-refractivity contribution >= 4 is 23.6 Å². The third-order valence-electron chi connectivity index (χ3n) is 1.81. The molecule has 0 aliphatic heterocycles. The van der Waals surface area contributed by atoms with Gasteiger partial charge in [0.25, 0.3) is 0 Å². The van der Waals surface area contributed by atoms with Crippen LogP contribution in [0.5, 0.6) is 0 Å². The zero-order valence-corrected chi connectivity index (χ0v) is 9.61. The van der Waals surface area contributed by atoms with Crippen molar-refractivity contribution in [2.45, 2.75) is 20.3 Å². The number of carboxylic acid groups (broad SMARTS) is 1. The van der Waals surface area contributed by atoms with Gasteiger partial charge in [0.15, 0.2) is 0 Å². The molecule has 0 saturated carbocycles. The molecule has 14 heavy (non-hydrogen) atoms. The van der Waals surface area contributed by atoms with E-state index >= 15 is 0 Å². The van der Waals surface area contributed by atoms with Crippen LogP contribution in [0.25, 0.3) is 0 Å². The molecular weight excluding hydrogens is 202 g/mol. The summed E-state index contributed by atoms with van der Waals surface area (Å²) in [6.45, 7) is 3.68. The molecule has 0 unspecified atom stereocenters. The molecule has 0 bridgehead atoms. The van der Waals surface area contributed by atoms with Gasteiger partial charge < -0.3 is 10.4 Å². The van der Waals surface area contributed by atoms with Crippen LogP contribution in [0, 0.1) is 5.41 Å². The van der Waals surface area contributed by atoms with Crippen LogP contribution < -0.4 is 5.32 Å². The van der Waals surface area contributed by atoms with Crippen LogP contribution in [-0.4, -0.2) is 35.5 Å². The zero-order valence-electron chi connectivity index (χ0n) is 8.79. The molecule has 0 atom stereocenters. The maximum atomic E-state index is 11.3. The SMILES string of the molecule is CSCCNC(=O)CC(C)(C)C(=O)O. The average Bonchev–Trinajstić information content (AvgIpc) is 2.03. The van der Waals surface area contributed by atoms with E-state index in [1.165, 1.54) is 0 Å². The molecule has 5 heteroatoms. The van der Waals surface area contributed by atoms with E-state index in [4.69, 9.17) is 5.11 Å². The Bertz CT molecular complexity index is 216. The van der Waals surface area contributed by atoms with E-state index in [2.05, 4.69) is 5.32 Å². The Morgan fingerprint density at radius 2 is 2.00 bits per heavy atom. The summed E-state index contributed by atoms with van der Waals surface area (Å²) in [6, 6.07) is 0. The van der Waals surface area contributed by atoms with Crippen LogP contribution in [0.4, 0.5) is 0 Å². The molecule has 0 fully saturated rings. The number of amides is 1. The molecule has 0 rings (SSSR count). The van der Waals surface area contributed by atoms with Crippen LogP contribution in [0.1, 0.15) is 20.3 Å². The third-order valence-corrected chi connectivity index (χ3v) is 2.42. The number of carbonyl (C=O) groups is 2. The quantitative estimate of drug-likeness (QED) is 0.653. The molecule has 4 nitrogen and oxygen atoms in total. The van der Waals surface area contributed by atoms with E-state index in [0.29, 0.717) is 6.54 Å². The number of hydrogen-bond donors (Lipinski definition) is 2. The molecule has 0 aromatic rings. The minimum absolute atomic E-state index is 0.0245. The van der Waals surface area contributed by atoms with Gasteiger partial charge in [0.2, 0.25) is 5.91 Å². The van der Waals surface area contributed by atoms with Gasteiger partial charge in [0.05, 0.1) is 5.41 Å². The Kier molecular flexibility index (Phi) is 5.60. The average molecular weight is 219 g/mol. The molecule has 0 aliphatic rings. The van der Waals surface area contributed by atoms with Crippen LogP contribution in [-0.2, 0) is 9.59 Å². The fraction of sp³-hybridized carbons (Fsp3) is 0.778. The van der Waals surface area contributed by atoms with Crippen molar-refractivity contribution in [2.24, 2.45) is 5.41 Å². The van der Waals surface area contributed by atoms with Crippen molar-refractivity contribution in [1.82, 2.24) is 5.32 Å². The summed E-state index contributed by atoms with van der Waals surface area (Å²) in [6.07, 6.45) is 1.98. The van der Waals surface area contributed by atoms with Crippen molar-refractivity contribution in [3.63, 3.8) is 0 Å². The molecule has 82 valence electrons. The first-order chi connectivity index (χ1) is 6.40. The second-order valence-electron chi connectivity index (χ2n) is 3.71. The van der Waals surface area contributed by atoms with E-state index in [9.17, 15) is 9.59 Å². The van der Waals surface area contributed by atoms with Gasteiger partial charge in [-0.3, -0.25) is 9.59 Å². The van der Waals surface area contributed by atoms with Crippen molar-refractivity contribution in [2.75, 3.05) is 18.6 Å². The lowest BCUT2D eigenvalue weighted by atomic mass is 9.89. The molecule has 0 aromatic heterocycles. The Labute approximate surface area is 88.4 Å². The molecule has 1 amide bonds. The Balaban J connectivity index is 3.88. The number of hydrogen-bond acceptors (Lipinski definition) is 3. The minimum atomic E-state index is -0.983. The summed E-state index contributed by atoms with van der Waals surface area (Å²) in [5.74, 6) is -0.303. The molecular formula is C9H17NO3S. The topological polar surface area (TPSA) is 66.4 Å². The van der Waals surface area contributed by atoms with Crippen LogP contribution in [0.15, 0.2) is 0 Å². The lowest BCUT2D eigenvalue weighted by molar-refractivity contribution is -0.149. The fourth-order valence-corrected chi connectivity index (χ4v) is 1.14. The van der Waals surface area contributed by atoms with E-state index in [1.807, 2.05) is 6.26 Å². The summed E-state index contributed by atoms with van der Waals surface area (Å²) >= 11 is 1.64. The highest BCUT2D eigenvalue weighted by Gasteiger charge is 2.29. The molecule has 0 radical (unpaired) electrons. The van der Waals surface area contributed by atoms with Gasteiger partial charge in [-0.1, -0.05) is 0 Å². The number of thioether (sulfide) groups is 1. The maximum absolute atomic E-state index is 11.3. The monoisotopic (exact) mass is 219 g/mol. The Hall–Kier alpha value is -0.710. The number of rotatable bonds is 6. The van der Waals surface area contributed by atoms with E-state index in [-0.39, 0.29) is 12.3 Å². The highest BCUT2D eigenvalue weighted by Crippen LogP contribution is 2.19. The largest absolute Gasteiger partial charge is 0.481 e. The second-order valence-corrected chi connectivity index (χ2v) is 4.69. The summed E-state index contributed by atoms with van der Waals surface area (Å²) in [5, 5.41) is 11.4. The number of carbonyl (C=O) groups excluding carboxylic acids is 1. The van der Waals surface area contributed by atoms with Crippen molar-refractivity contribution in [3.05, 3.63) is 0 Å². The Morgan fingerprint density at radius 3 is 2.43 bits per heavy atom. The van der Waals surface area contributed by atoms with Gasteiger partial charge in [0, 0.05) is 18.7 Å². The highest BCUT2D eigenvalue weighted by molar-refractivity contribution is 7.98. The molecule has 0 aromatic carbocycles. The van der Waals surface area contributed by atoms with Crippen LogP contribution in [0.2, 0.25) is 0 Å². The second kappa shape index (κ2) is 5.90. The molecule has 0 aliphatic carbocycles. The third kappa shape index (κ3) is 5.11. The van der Waals surface area contributed by atoms with Gasteiger partial charge in [0.1, 0.15) is 0 Å². The predicted octanol–water partition coefficient (Wildman–Crippen LogP) is 0.967. The normalized spacial score (nSPS) is 11.1. The maximum Gasteiger partial charge on any atom is 0.309 e. The van der Waals surface area contributed by atoms with E-state index < -0.39 is 11.4 Å². The van der Waals surface area contributed by atoms with Gasteiger partial charge in [-0.2, -0.15) is 11.8 Å². The standard InChI is InChI=1S/C9H17NO3S/c1-9(2,8(12)13)6-7(11)10-4-5-14-3/h4-6H2,1-3H3,(H,10,11)(H,12,13). The molecule has 0 heterocycles. The van der Waals surface area contributed by atoms with Gasteiger partial charge in [-0.25, -0.2) is 0 Å². The molecule has 0 spiro atoms. The Morgan fingerprint density at radius 1 is 1.43 bits per heavy atom. The highest BCUT2D eigenvalue weighted by atomic mass is 32.2. The van der Waals surface area contributed by atoms with Crippen LogP contribution >= 0.6 is 11.8 Å². The summed E-state index contributed by atoms with van der Waals surface area (Å²) in [7, 11) is 0. The molecule has 2 N–H and O–H groups in total. The zero-order chi connectivity index (χ0) is 11.2. The van der Waals surface area contributed by atoms with E-state index in [0.717, 1.165) is 5.75 Å². The lowest BCUT2D eigenvalue weighted by Gasteiger charge is -2.17. The smallest absolute Gasteiger partial charge is 0.309 e. The van der Waals surface area contributed by atoms with Crippen LogP contribution in [0.3, 0.4) is 0 Å². The predicted molar refractivity (Wildman–Crippen MR) is 57.4 cm³/mol. The van der Waals surface area contributed by atoms with Gasteiger partial charge in [-0.05, 0) is 20.1 Å². The minimum Gasteiger partial charge on any atom is -0.481 e. The van der Waals surface area contributed by atoms with E-state index in [1.54, 1.807) is 25.6 Å². The first-order valence-electron chi connectivity index (χ1n) is 4.39.